The molecule has 0 saturated heterocycles. The van der Waals surface area contributed by atoms with Crippen LogP contribution in [0, 0.1) is 0 Å². The van der Waals surface area contributed by atoms with Crippen molar-refractivity contribution in [3.63, 3.8) is 0 Å². The van der Waals surface area contributed by atoms with Crippen LogP contribution in [0.3, 0.4) is 0 Å². The van der Waals surface area contributed by atoms with E-state index >= 15 is 0 Å². The Hall–Kier alpha value is -2.33. The van der Waals surface area contributed by atoms with Crippen molar-refractivity contribution in [2.45, 2.75) is 25.9 Å². The summed E-state index contributed by atoms with van der Waals surface area (Å²) in [5, 5.41) is 6.40. The first kappa shape index (κ1) is 15.6. The monoisotopic (exact) mass is 310 g/mol. The van der Waals surface area contributed by atoms with Crippen molar-refractivity contribution < 1.29 is 9.53 Å². The maximum Gasteiger partial charge on any atom is 0.251 e. The zero-order valence-electron chi connectivity index (χ0n) is 13.6. The molecule has 1 aliphatic heterocycles. The van der Waals surface area contributed by atoms with Crippen molar-refractivity contribution >= 4 is 5.91 Å². The highest BCUT2D eigenvalue weighted by Gasteiger charge is 2.15. The first-order valence-electron chi connectivity index (χ1n) is 7.94. The fourth-order valence-electron chi connectivity index (χ4n) is 2.88. The molecule has 0 aromatic heterocycles. The topological polar surface area (TPSA) is 50.4 Å². The van der Waals surface area contributed by atoms with E-state index in [9.17, 15) is 4.79 Å². The molecule has 0 spiro atoms. The number of ether oxygens (including phenoxy) is 1. The standard InChI is InChI=1S/C19H22N2O2/c1-13(14-5-7-18(23-2)8-6-14)21-19(22)16-4-3-15-9-10-20-12-17(15)11-16/h3-8,11,13,20H,9-10,12H2,1-2H3,(H,21,22). The molecule has 2 N–H and O–H groups in total. The van der Waals surface area contributed by atoms with Gasteiger partial charge in [-0.3, -0.25) is 4.79 Å². The number of carbonyl (C=O) groups is 1. The van der Waals surface area contributed by atoms with Gasteiger partial charge in [0.25, 0.3) is 5.91 Å². The summed E-state index contributed by atoms with van der Waals surface area (Å²) in [6.07, 6.45) is 1.03. The largest absolute Gasteiger partial charge is 0.497 e. The maximum atomic E-state index is 12.5. The van der Waals surface area contributed by atoms with E-state index in [4.69, 9.17) is 4.74 Å². The Balaban J connectivity index is 1.70. The fraction of sp³-hybridized carbons (Fsp3) is 0.316. The van der Waals surface area contributed by atoms with Crippen molar-refractivity contribution in [3.8, 4) is 5.75 Å². The van der Waals surface area contributed by atoms with Crippen LogP contribution in [0.2, 0.25) is 0 Å². The lowest BCUT2D eigenvalue weighted by molar-refractivity contribution is 0.0939. The van der Waals surface area contributed by atoms with Crippen LogP contribution in [0.25, 0.3) is 0 Å². The van der Waals surface area contributed by atoms with E-state index in [1.54, 1.807) is 7.11 Å². The highest BCUT2D eigenvalue weighted by Crippen LogP contribution is 2.19. The van der Waals surface area contributed by atoms with Gasteiger partial charge in [-0.1, -0.05) is 18.2 Å². The quantitative estimate of drug-likeness (QED) is 0.913. The third-order valence-electron chi connectivity index (χ3n) is 4.32. The molecule has 4 nitrogen and oxygen atoms in total. The Morgan fingerprint density at radius 3 is 2.70 bits per heavy atom. The van der Waals surface area contributed by atoms with Crippen molar-refractivity contribution in [2.75, 3.05) is 13.7 Å². The van der Waals surface area contributed by atoms with Gasteiger partial charge in [0.2, 0.25) is 0 Å². The van der Waals surface area contributed by atoms with Gasteiger partial charge >= 0.3 is 0 Å². The van der Waals surface area contributed by atoms with E-state index in [0.29, 0.717) is 5.56 Å². The summed E-state index contributed by atoms with van der Waals surface area (Å²) in [6, 6.07) is 13.7. The lowest BCUT2D eigenvalue weighted by Crippen LogP contribution is -2.28. The third-order valence-corrected chi connectivity index (χ3v) is 4.32. The summed E-state index contributed by atoms with van der Waals surface area (Å²) < 4.78 is 5.16. The minimum atomic E-state index is -0.0532. The maximum absolute atomic E-state index is 12.5. The minimum Gasteiger partial charge on any atom is -0.497 e. The zero-order chi connectivity index (χ0) is 16.2. The minimum absolute atomic E-state index is 0.0401. The van der Waals surface area contributed by atoms with E-state index in [-0.39, 0.29) is 11.9 Å². The van der Waals surface area contributed by atoms with Crippen molar-refractivity contribution in [1.29, 1.82) is 0 Å². The lowest BCUT2D eigenvalue weighted by Gasteiger charge is -2.19. The summed E-state index contributed by atoms with van der Waals surface area (Å²) >= 11 is 0. The van der Waals surface area contributed by atoms with Crippen LogP contribution < -0.4 is 15.4 Å². The van der Waals surface area contributed by atoms with E-state index in [1.165, 1.54) is 11.1 Å². The predicted octanol–water partition coefficient (Wildman–Crippen LogP) is 2.83. The highest BCUT2D eigenvalue weighted by atomic mass is 16.5. The van der Waals surface area contributed by atoms with Gasteiger partial charge in [0, 0.05) is 12.1 Å². The molecule has 0 aliphatic carbocycles. The van der Waals surface area contributed by atoms with Crippen LogP contribution >= 0.6 is 0 Å². The SMILES string of the molecule is COc1ccc(C(C)NC(=O)c2ccc3c(c2)CNCC3)cc1. The van der Waals surface area contributed by atoms with Crippen LogP contribution in [-0.2, 0) is 13.0 Å². The molecule has 3 rings (SSSR count). The smallest absolute Gasteiger partial charge is 0.251 e. The molecule has 2 aromatic carbocycles. The van der Waals surface area contributed by atoms with E-state index in [2.05, 4.69) is 16.7 Å². The van der Waals surface area contributed by atoms with E-state index in [1.807, 2.05) is 43.3 Å². The molecule has 0 saturated carbocycles. The van der Waals surface area contributed by atoms with Crippen LogP contribution in [-0.4, -0.2) is 19.6 Å². The molecule has 1 amide bonds. The van der Waals surface area contributed by atoms with Gasteiger partial charge in [-0.05, 0) is 60.8 Å². The van der Waals surface area contributed by atoms with Gasteiger partial charge in [0.15, 0.2) is 0 Å². The number of carbonyl (C=O) groups excluding carboxylic acids is 1. The summed E-state index contributed by atoms with van der Waals surface area (Å²) in [4.78, 5) is 12.5. The van der Waals surface area contributed by atoms with Gasteiger partial charge in [0.1, 0.15) is 5.75 Å². The number of fused-ring (bicyclic) bond motifs is 1. The number of rotatable bonds is 4. The third kappa shape index (κ3) is 3.54. The molecule has 4 heteroatoms. The first-order chi connectivity index (χ1) is 11.2. The second-order valence-electron chi connectivity index (χ2n) is 5.88. The molecule has 1 aliphatic rings. The van der Waals surface area contributed by atoms with Gasteiger partial charge in [-0.15, -0.1) is 0 Å². The second kappa shape index (κ2) is 6.84. The summed E-state index contributed by atoms with van der Waals surface area (Å²) in [6.45, 7) is 3.83. The van der Waals surface area contributed by atoms with Crippen LogP contribution in [0.4, 0.5) is 0 Å². The number of hydrogen-bond acceptors (Lipinski definition) is 3. The molecular formula is C19H22N2O2. The molecule has 0 bridgehead atoms. The summed E-state index contributed by atoms with van der Waals surface area (Å²) in [5.41, 5.74) is 4.33. The van der Waals surface area contributed by atoms with E-state index in [0.717, 1.165) is 30.8 Å². The Kier molecular flexibility index (Phi) is 4.63. The van der Waals surface area contributed by atoms with Gasteiger partial charge in [-0.2, -0.15) is 0 Å². The molecule has 0 fully saturated rings. The van der Waals surface area contributed by atoms with E-state index < -0.39 is 0 Å². The molecular weight excluding hydrogens is 288 g/mol. The molecule has 2 aromatic rings. The number of hydrogen-bond donors (Lipinski definition) is 2. The molecule has 120 valence electrons. The Morgan fingerprint density at radius 1 is 1.17 bits per heavy atom. The fourth-order valence-corrected chi connectivity index (χ4v) is 2.88. The normalized spacial score (nSPS) is 14.7. The van der Waals surface area contributed by atoms with Gasteiger partial charge < -0.3 is 15.4 Å². The summed E-state index contributed by atoms with van der Waals surface area (Å²) in [7, 11) is 1.64. The Bertz CT molecular complexity index is 695. The van der Waals surface area contributed by atoms with Gasteiger partial charge in [0.05, 0.1) is 13.2 Å². The second-order valence-corrected chi connectivity index (χ2v) is 5.88. The average Bonchev–Trinajstić information content (AvgIpc) is 2.61. The highest BCUT2D eigenvalue weighted by molar-refractivity contribution is 5.94. The zero-order valence-corrected chi connectivity index (χ0v) is 13.6. The van der Waals surface area contributed by atoms with Crippen LogP contribution in [0.1, 0.15) is 40.0 Å². The van der Waals surface area contributed by atoms with Crippen LogP contribution in [0.5, 0.6) is 5.75 Å². The number of benzene rings is 2. The van der Waals surface area contributed by atoms with Crippen LogP contribution in [0.15, 0.2) is 42.5 Å². The Morgan fingerprint density at radius 2 is 1.96 bits per heavy atom. The number of nitrogens with one attached hydrogen (secondary N) is 2. The number of amides is 1. The summed E-state index contributed by atoms with van der Waals surface area (Å²) in [5.74, 6) is 0.774. The Labute approximate surface area is 136 Å². The average molecular weight is 310 g/mol. The lowest BCUT2D eigenvalue weighted by atomic mass is 9.98. The first-order valence-corrected chi connectivity index (χ1v) is 7.94. The molecule has 1 atom stereocenters. The predicted molar refractivity (Wildman–Crippen MR) is 90.7 cm³/mol. The van der Waals surface area contributed by atoms with Gasteiger partial charge in [-0.25, -0.2) is 0 Å². The molecule has 23 heavy (non-hydrogen) atoms. The van der Waals surface area contributed by atoms with Crippen molar-refractivity contribution in [3.05, 3.63) is 64.7 Å². The molecule has 1 heterocycles. The molecule has 0 radical (unpaired) electrons. The number of methoxy groups -OCH3 is 1. The molecule has 1 unspecified atom stereocenters. The van der Waals surface area contributed by atoms with Crippen molar-refractivity contribution in [2.24, 2.45) is 0 Å². The van der Waals surface area contributed by atoms with Crippen molar-refractivity contribution in [1.82, 2.24) is 10.6 Å².